The lowest BCUT2D eigenvalue weighted by atomic mass is 10.0. The van der Waals surface area contributed by atoms with Crippen LogP contribution in [-0.2, 0) is 19.1 Å². The first-order valence-electron chi connectivity index (χ1n) is 6.14. The van der Waals surface area contributed by atoms with Gasteiger partial charge in [0.1, 0.15) is 5.54 Å². The van der Waals surface area contributed by atoms with Gasteiger partial charge in [0.25, 0.3) is 0 Å². The Morgan fingerprint density at radius 2 is 2.00 bits per heavy atom. The zero-order valence-corrected chi connectivity index (χ0v) is 11.3. The molecule has 0 aliphatic carbocycles. The SMILES string of the molecule is COCCCOCCN1CC(=O)NC(C)(C)C1=O. The molecule has 0 saturated carbocycles. The highest BCUT2D eigenvalue weighted by Gasteiger charge is 2.38. The number of rotatable bonds is 7. The monoisotopic (exact) mass is 258 g/mol. The van der Waals surface area contributed by atoms with Crippen LogP contribution in [-0.4, -0.2) is 62.3 Å². The standard InChI is InChI=1S/C12H22N2O4/c1-12(2)11(16)14(9-10(15)13-12)5-8-18-7-4-6-17-3/h4-9H2,1-3H3,(H,13,15). The molecule has 18 heavy (non-hydrogen) atoms. The van der Waals surface area contributed by atoms with Crippen LogP contribution >= 0.6 is 0 Å². The summed E-state index contributed by atoms with van der Waals surface area (Å²) < 4.78 is 10.3. The highest BCUT2D eigenvalue weighted by Crippen LogP contribution is 2.12. The summed E-state index contributed by atoms with van der Waals surface area (Å²) in [5.74, 6) is -0.193. The van der Waals surface area contributed by atoms with Crippen LogP contribution in [0, 0.1) is 0 Å². The average molecular weight is 258 g/mol. The number of ether oxygens (including phenoxy) is 2. The molecule has 1 N–H and O–H groups in total. The molecule has 2 amide bonds. The van der Waals surface area contributed by atoms with Crippen molar-refractivity contribution >= 4 is 11.8 Å². The Hall–Kier alpha value is -1.14. The quantitative estimate of drug-likeness (QED) is 0.641. The van der Waals surface area contributed by atoms with E-state index in [-0.39, 0.29) is 18.4 Å². The first-order valence-corrected chi connectivity index (χ1v) is 6.14. The highest BCUT2D eigenvalue weighted by atomic mass is 16.5. The maximum atomic E-state index is 12.0. The fourth-order valence-corrected chi connectivity index (χ4v) is 1.84. The molecule has 0 radical (unpaired) electrons. The van der Waals surface area contributed by atoms with Gasteiger partial charge in [-0.25, -0.2) is 0 Å². The van der Waals surface area contributed by atoms with Crippen LogP contribution < -0.4 is 5.32 Å². The zero-order chi connectivity index (χ0) is 13.6. The van der Waals surface area contributed by atoms with Gasteiger partial charge < -0.3 is 19.7 Å². The Balaban J connectivity index is 2.28. The van der Waals surface area contributed by atoms with E-state index in [0.717, 1.165) is 6.42 Å². The third-order valence-electron chi connectivity index (χ3n) is 2.75. The number of carbonyl (C=O) groups is 2. The van der Waals surface area contributed by atoms with Gasteiger partial charge >= 0.3 is 0 Å². The van der Waals surface area contributed by atoms with Gasteiger partial charge in [-0.05, 0) is 20.3 Å². The van der Waals surface area contributed by atoms with Crippen LogP contribution in [0.5, 0.6) is 0 Å². The summed E-state index contributed by atoms with van der Waals surface area (Å²) in [5, 5.41) is 2.67. The summed E-state index contributed by atoms with van der Waals surface area (Å²) in [4.78, 5) is 25.0. The minimum atomic E-state index is -0.814. The molecule has 0 aromatic heterocycles. The van der Waals surface area contributed by atoms with Crippen LogP contribution in [0.1, 0.15) is 20.3 Å². The van der Waals surface area contributed by atoms with Crippen molar-refractivity contribution in [3.63, 3.8) is 0 Å². The van der Waals surface area contributed by atoms with E-state index >= 15 is 0 Å². The molecule has 1 aliphatic rings. The second-order valence-corrected chi connectivity index (χ2v) is 4.86. The van der Waals surface area contributed by atoms with Gasteiger partial charge in [0.15, 0.2) is 0 Å². The van der Waals surface area contributed by atoms with Gasteiger partial charge in [0.05, 0.1) is 13.2 Å². The summed E-state index contributed by atoms with van der Waals surface area (Å²) in [6.07, 6.45) is 0.830. The predicted molar refractivity (Wildman–Crippen MR) is 66.1 cm³/mol. The van der Waals surface area contributed by atoms with Crippen molar-refractivity contribution in [2.45, 2.75) is 25.8 Å². The third kappa shape index (κ3) is 4.27. The van der Waals surface area contributed by atoms with Crippen LogP contribution in [0.15, 0.2) is 0 Å². The molecule has 0 unspecified atom stereocenters. The molecule has 1 fully saturated rings. The first kappa shape index (κ1) is 14.9. The molecule has 0 atom stereocenters. The average Bonchev–Trinajstić information content (AvgIpc) is 2.29. The second-order valence-electron chi connectivity index (χ2n) is 4.86. The molecule has 0 spiro atoms. The molecule has 104 valence electrons. The van der Waals surface area contributed by atoms with Crippen molar-refractivity contribution in [1.29, 1.82) is 0 Å². The second kappa shape index (κ2) is 6.70. The molecular formula is C12H22N2O4. The van der Waals surface area contributed by atoms with Gasteiger partial charge in [-0.1, -0.05) is 0 Å². The summed E-state index contributed by atoms with van der Waals surface area (Å²) in [6, 6.07) is 0. The summed E-state index contributed by atoms with van der Waals surface area (Å²) in [5.41, 5.74) is -0.814. The van der Waals surface area contributed by atoms with Crippen molar-refractivity contribution in [2.75, 3.05) is 40.0 Å². The van der Waals surface area contributed by atoms with Gasteiger partial charge in [0.2, 0.25) is 11.8 Å². The largest absolute Gasteiger partial charge is 0.385 e. The molecule has 6 heteroatoms. The molecule has 6 nitrogen and oxygen atoms in total. The van der Waals surface area contributed by atoms with E-state index in [1.165, 1.54) is 4.90 Å². The Kier molecular flexibility index (Phi) is 5.55. The van der Waals surface area contributed by atoms with Gasteiger partial charge in [-0.2, -0.15) is 0 Å². The van der Waals surface area contributed by atoms with Gasteiger partial charge in [-0.3, -0.25) is 9.59 Å². The van der Waals surface area contributed by atoms with E-state index < -0.39 is 5.54 Å². The molecule has 0 aromatic rings. The highest BCUT2D eigenvalue weighted by molar-refractivity contribution is 5.97. The smallest absolute Gasteiger partial charge is 0.248 e. The number of hydrogen-bond acceptors (Lipinski definition) is 4. The molecular weight excluding hydrogens is 236 g/mol. The number of carbonyl (C=O) groups excluding carboxylic acids is 2. The van der Waals surface area contributed by atoms with Gasteiger partial charge in [-0.15, -0.1) is 0 Å². The Morgan fingerprint density at radius 1 is 1.28 bits per heavy atom. The normalized spacial score (nSPS) is 18.9. The summed E-state index contributed by atoms with van der Waals surface area (Å²) >= 11 is 0. The minimum absolute atomic E-state index is 0.0670. The molecule has 0 aromatic carbocycles. The fraction of sp³-hybridized carbons (Fsp3) is 0.833. The van der Waals surface area contributed by atoms with Crippen LogP contribution in [0.4, 0.5) is 0 Å². The predicted octanol–water partition coefficient (Wildman–Crippen LogP) is -0.223. The van der Waals surface area contributed by atoms with Crippen molar-refractivity contribution in [3.8, 4) is 0 Å². The minimum Gasteiger partial charge on any atom is -0.385 e. The van der Waals surface area contributed by atoms with Crippen molar-refractivity contribution in [2.24, 2.45) is 0 Å². The Bertz CT molecular complexity index is 304. The molecule has 1 aliphatic heterocycles. The third-order valence-corrected chi connectivity index (χ3v) is 2.75. The van der Waals surface area contributed by atoms with E-state index in [0.29, 0.717) is 26.4 Å². The molecule has 1 heterocycles. The number of nitrogens with zero attached hydrogens (tertiary/aromatic N) is 1. The number of piperazine rings is 1. The summed E-state index contributed by atoms with van der Waals surface area (Å²) in [6.45, 7) is 5.69. The van der Waals surface area contributed by atoms with E-state index in [4.69, 9.17) is 9.47 Å². The van der Waals surface area contributed by atoms with E-state index in [1.807, 2.05) is 0 Å². The molecule has 1 rings (SSSR count). The van der Waals surface area contributed by atoms with E-state index in [9.17, 15) is 9.59 Å². The Labute approximate surface area is 108 Å². The lowest BCUT2D eigenvalue weighted by molar-refractivity contribution is -0.149. The van der Waals surface area contributed by atoms with Crippen molar-refractivity contribution in [3.05, 3.63) is 0 Å². The lowest BCUT2D eigenvalue weighted by Crippen LogP contribution is -2.64. The van der Waals surface area contributed by atoms with Gasteiger partial charge in [0, 0.05) is 26.9 Å². The van der Waals surface area contributed by atoms with E-state index in [1.54, 1.807) is 21.0 Å². The number of nitrogens with one attached hydrogen (secondary N) is 1. The fourth-order valence-electron chi connectivity index (χ4n) is 1.84. The number of amides is 2. The number of hydrogen-bond donors (Lipinski definition) is 1. The topological polar surface area (TPSA) is 67.9 Å². The maximum Gasteiger partial charge on any atom is 0.248 e. The van der Waals surface area contributed by atoms with E-state index in [2.05, 4.69) is 5.32 Å². The van der Waals surface area contributed by atoms with Crippen LogP contribution in [0.3, 0.4) is 0 Å². The first-order chi connectivity index (χ1) is 8.47. The maximum absolute atomic E-state index is 12.0. The van der Waals surface area contributed by atoms with Crippen LogP contribution in [0.2, 0.25) is 0 Å². The Morgan fingerprint density at radius 3 is 2.67 bits per heavy atom. The summed E-state index contributed by atoms with van der Waals surface area (Å²) in [7, 11) is 1.65. The zero-order valence-electron chi connectivity index (χ0n) is 11.3. The molecule has 1 saturated heterocycles. The lowest BCUT2D eigenvalue weighted by Gasteiger charge is -2.37. The van der Waals surface area contributed by atoms with Crippen molar-refractivity contribution < 1.29 is 19.1 Å². The van der Waals surface area contributed by atoms with Crippen molar-refractivity contribution in [1.82, 2.24) is 10.2 Å². The number of methoxy groups -OCH3 is 1. The van der Waals surface area contributed by atoms with Crippen LogP contribution in [0.25, 0.3) is 0 Å². The molecule has 0 bridgehead atoms.